The number of aryl methyl sites for hydroxylation is 2. The second kappa shape index (κ2) is 12.2. The molecule has 0 saturated heterocycles. The van der Waals surface area contributed by atoms with Crippen molar-refractivity contribution in [3.05, 3.63) is 123 Å². The number of amides is 1. The number of carbonyl (C=O) groups excluding carboxylic acids is 1. The number of fused-ring (bicyclic) bond motifs is 1. The van der Waals surface area contributed by atoms with E-state index in [2.05, 4.69) is 16.0 Å². The molecule has 5 rings (SSSR count). The highest BCUT2D eigenvalue weighted by Crippen LogP contribution is 2.24. The van der Waals surface area contributed by atoms with Crippen LogP contribution in [0.15, 0.2) is 84.2 Å². The Bertz CT molecular complexity index is 1630. The summed E-state index contributed by atoms with van der Waals surface area (Å²) in [7, 11) is 0. The second-order valence-electron chi connectivity index (χ2n) is 9.61. The Balaban J connectivity index is 1.43. The number of hydrogen-bond donors (Lipinski definition) is 3. The van der Waals surface area contributed by atoms with Gasteiger partial charge in [-0.1, -0.05) is 48.5 Å². The lowest BCUT2D eigenvalue weighted by Crippen LogP contribution is -2.35. The first-order valence-electron chi connectivity index (χ1n) is 13.1. The summed E-state index contributed by atoms with van der Waals surface area (Å²) in [5.74, 6) is 0.415. The number of rotatable bonds is 11. The number of hydrogen-bond acceptors (Lipinski definition) is 5. The number of nitrogen functional groups attached to an aromatic ring is 1. The lowest BCUT2D eigenvalue weighted by Gasteiger charge is -2.22. The van der Waals surface area contributed by atoms with E-state index in [-0.39, 0.29) is 30.6 Å². The molecule has 9 heteroatoms. The van der Waals surface area contributed by atoms with Gasteiger partial charge >= 0.3 is 0 Å². The Morgan fingerprint density at radius 2 is 1.77 bits per heavy atom. The van der Waals surface area contributed by atoms with Gasteiger partial charge < -0.3 is 20.9 Å². The van der Waals surface area contributed by atoms with Crippen LogP contribution in [0.5, 0.6) is 0 Å². The first kappa shape index (κ1) is 27.2. The molecule has 2 aromatic heterocycles. The van der Waals surface area contributed by atoms with Gasteiger partial charge in [0.2, 0.25) is 0 Å². The molecule has 1 amide bonds. The minimum atomic E-state index is -0.347. The summed E-state index contributed by atoms with van der Waals surface area (Å²) in [6.45, 7) is 1.41. The van der Waals surface area contributed by atoms with E-state index in [0.29, 0.717) is 36.2 Å². The van der Waals surface area contributed by atoms with Crippen LogP contribution < -0.4 is 11.5 Å². The summed E-state index contributed by atoms with van der Waals surface area (Å²) in [5, 5.41) is 9.66. The molecule has 0 aliphatic rings. The van der Waals surface area contributed by atoms with E-state index >= 15 is 0 Å². The minimum Gasteiger partial charge on any atom is -0.384 e. The maximum Gasteiger partial charge on any atom is 0.254 e. The van der Waals surface area contributed by atoms with Crippen molar-refractivity contribution in [2.24, 2.45) is 11.5 Å². The molecule has 40 heavy (non-hydrogen) atoms. The normalized spacial score (nSPS) is 11.2. The van der Waals surface area contributed by atoms with Crippen LogP contribution in [0.25, 0.3) is 11.0 Å². The van der Waals surface area contributed by atoms with Crippen molar-refractivity contribution in [2.45, 2.75) is 25.9 Å². The van der Waals surface area contributed by atoms with E-state index in [9.17, 15) is 9.18 Å². The van der Waals surface area contributed by atoms with E-state index < -0.39 is 0 Å². The fraction of sp³-hybridized carbons (Fsp3) is 0.194. The van der Waals surface area contributed by atoms with Crippen molar-refractivity contribution < 1.29 is 9.18 Å². The number of halogens is 1. The van der Waals surface area contributed by atoms with Crippen molar-refractivity contribution in [3.63, 3.8) is 0 Å². The Labute approximate surface area is 236 Å². The van der Waals surface area contributed by atoms with Gasteiger partial charge in [0.25, 0.3) is 5.91 Å². The highest BCUT2D eigenvalue weighted by atomic mass is 32.1. The van der Waals surface area contributed by atoms with Crippen LogP contribution >= 0.6 is 11.3 Å². The van der Waals surface area contributed by atoms with Gasteiger partial charge in [0.05, 0.1) is 17.6 Å². The van der Waals surface area contributed by atoms with Gasteiger partial charge in [-0.2, -0.15) is 0 Å². The molecule has 204 valence electrons. The number of imidazole rings is 1. The molecular formula is C31H31FN6OS. The van der Waals surface area contributed by atoms with E-state index in [1.54, 1.807) is 34.4 Å². The predicted octanol–water partition coefficient (Wildman–Crippen LogP) is 4.96. The molecule has 3 aromatic carbocycles. The van der Waals surface area contributed by atoms with Gasteiger partial charge in [0, 0.05) is 47.6 Å². The Hall–Kier alpha value is -4.34. The van der Waals surface area contributed by atoms with E-state index in [4.69, 9.17) is 21.9 Å². The quantitative estimate of drug-likeness (QED) is 0.158. The average molecular weight is 555 g/mol. The Morgan fingerprint density at radius 1 is 1.00 bits per heavy atom. The van der Waals surface area contributed by atoms with Crippen molar-refractivity contribution in [1.82, 2.24) is 14.5 Å². The average Bonchev–Trinajstić information content (AvgIpc) is 3.60. The van der Waals surface area contributed by atoms with Gasteiger partial charge in [-0.25, -0.2) is 9.37 Å². The van der Waals surface area contributed by atoms with E-state index in [1.807, 2.05) is 48.5 Å². The van der Waals surface area contributed by atoms with Crippen molar-refractivity contribution in [2.75, 3.05) is 13.1 Å². The molecule has 0 bridgehead atoms. The Morgan fingerprint density at radius 3 is 2.48 bits per heavy atom. The number of nitrogens with one attached hydrogen (secondary N) is 1. The van der Waals surface area contributed by atoms with Crippen LogP contribution in [0.2, 0.25) is 0 Å². The smallest absolute Gasteiger partial charge is 0.254 e. The standard InChI is InChI=1S/C31H31FN6OS/c32-26-6-2-1-4-24(26)19-37(16-15-33)31(39)23-12-13-28-27(18-23)36-29(38(28)20-25-5-3-17-40-25)14-9-21-7-10-22(11-8-21)30(34)35/h1-8,10-13,17-18H,9,14-16,19-20,33H2,(H3,34,35). The van der Waals surface area contributed by atoms with E-state index in [0.717, 1.165) is 28.8 Å². The van der Waals surface area contributed by atoms with Crippen LogP contribution in [0, 0.1) is 11.2 Å². The number of aromatic nitrogens is 2. The number of carbonyl (C=O) groups is 1. The summed E-state index contributed by atoms with van der Waals surface area (Å²) in [4.78, 5) is 21.3. The molecule has 5 N–H and O–H groups in total. The van der Waals surface area contributed by atoms with Crippen molar-refractivity contribution in [3.8, 4) is 0 Å². The maximum absolute atomic E-state index is 14.3. The zero-order valence-electron chi connectivity index (χ0n) is 22.0. The topological polar surface area (TPSA) is 114 Å². The zero-order chi connectivity index (χ0) is 28.1. The van der Waals surface area contributed by atoms with Gasteiger partial charge in [0.15, 0.2) is 0 Å². The van der Waals surface area contributed by atoms with Crippen LogP contribution in [0.3, 0.4) is 0 Å². The molecule has 0 aliphatic carbocycles. The van der Waals surface area contributed by atoms with Crippen LogP contribution in [0.4, 0.5) is 4.39 Å². The largest absolute Gasteiger partial charge is 0.384 e. The second-order valence-corrected chi connectivity index (χ2v) is 10.6. The predicted molar refractivity (Wildman–Crippen MR) is 158 cm³/mol. The third-order valence-electron chi connectivity index (χ3n) is 6.88. The summed E-state index contributed by atoms with van der Waals surface area (Å²) in [5.41, 5.74) is 15.8. The Kier molecular flexibility index (Phi) is 8.33. The number of benzene rings is 3. The fourth-order valence-corrected chi connectivity index (χ4v) is 5.46. The highest BCUT2D eigenvalue weighted by Gasteiger charge is 2.20. The lowest BCUT2D eigenvalue weighted by molar-refractivity contribution is 0.0747. The minimum absolute atomic E-state index is 0.0496. The fourth-order valence-electron chi connectivity index (χ4n) is 4.77. The molecule has 7 nitrogen and oxygen atoms in total. The molecular weight excluding hydrogens is 523 g/mol. The number of nitrogens with zero attached hydrogens (tertiary/aromatic N) is 3. The summed E-state index contributed by atoms with van der Waals surface area (Å²) in [6.07, 6.45) is 1.47. The molecule has 0 aliphatic heterocycles. The molecule has 0 radical (unpaired) electrons. The number of nitrogens with two attached hydrogens (primary N) is 2. The molecule has 0 saturated carbocycles. The zero-order valence-corrected chi connectivity index (χ0v) is 22.8. The van der Waals surface area contributed by atoms with Gasteiger partial charge in [-0.05, 0) is 47.7 Å². The molecule has 2 heterocycles. The first-order chi connectivity index (χ1) is 19.4. The summed E-state index contributed by atoms with van der Waals surface area (Å²) in [6, 6.07) is 23.9. The lowest BCUT2D eigenvalue weighted by atomic mass is 10.1. The van der Waals surface area contributed by atoms with Crippen molar-refractivity contribution >= 4 is 34.1 Å². The maximum atomic E-state index is 14.3. The first-order valence-corrected chi connectivity index (χ1v) is 14.0. The van der Waals surface area contributed by atoms with Gasteiger partial charge in [0.1, 0.15) is 17.5 Å². The van der Waals surface area contributed by atoms with Gasteiger partial charge in [-0.3, -0.25) is 10.2 Å². The van der Waals surface area contributed by atoms with Crippen LogP contribution in [-0.2, 0) is 25.9 Å². The van der Waals surface area contributed by atoms with Crippen LogP contribution in [-0.4, -0.2) is 39.3 Å². The third kappa shape index (κ3) is 6.11. The summed E-state index contributed by atoms with van der Waals surface area (Å²) < 4.78 is 16.5. The SMILES string of the molecule is N=C(N)c1ccc(CCc2nc3cc(C(=O)N(CCN)Cc4ccccc4F)ccc3n2Cc2cccs2)cc1. The highest BCUT2D eigenvalue weighted by molar-refractivity contribution is 7.09. The van der Waals surface area contributed by atoms with Crippen molar-refractivity contribution in [1.29, 1.82) is 5.41 Å². The van der Waals surface area contributed by atoms with Crippen LogP contribution in [0.1, 0.15) is 37.7 Å². The molecule has 0 fully saturated rings. The molecule has 5 aromatic rings. The molecule has 0 spiro atoms. The monoisotopic (exact) mass is 554 g/mol. The van der Waals surface area contributed by atoms with Gasteiger partial charge in [-0.15, -0.1) is 11.3 Å². The number of thiophene rings is 1. The summed E-state index contributed by atoms with van der Waals surface area (Å²) >= 11 is 1.69. The number of amidine groups is 1. The van der Waals surface area contributed by atoms with E-state index in [1.165, 1.54) is 10.9 Å². The molecule has 0 atom stereocenters. The third-order valence-corrected chi connectivity index (χ3v) is 7.74. The molecule has 0 unspecified atom stereocenters.